The largest absolute Gasteiger partial charge is 0.507 e. The van der Waals surface area contributed by atoms with Gasteiger partial charge in [-0.25, -0.2) is 0 Å². The van der Waals surface area contributed by atoms with E-state index in [4.69, 9.17) is 4.74 Å². The van der Waals surface area contributed by atoms with Crippen molar-refractivity contribution in [2.24, 2.45) is 0 Å². The molecule has 0 aromatic heterocycles. The van der Waals surface area contributed by atoms with Gasteiger partial charge in [0.2, 0.25) is 5.78 Å². The maximum absolute atomic E-state index is 13.8. The average molecular weight is 440 g/mol. The van der Waals surface area contributed by atoms with Crippen molar-refractivity contribution < 1.29 is 34.8 Å². The van der Waals surface area contributed by atoms with Crippen LogP contribution >= 0.6 is 0 Å². The number of rotatable bonds is 1. The maximum atomic E-state index is 13.8. The van der Waals surface area contributed by atoms with Crippen LogP contribution in [0.1, 0.15) is 66.3 Å². The number of ketones is 2. The molecule has 1 aliphatic heterocycles. The lowest BCUT2D eigenvalue weighted by molar-refractivity contribution is -0.150. The average Bonchev–Trinajstić information content (AvgIpc) is 2.73. The van der Waals surface area contributed by atoms with Gasteiger partial charge in [-0.05, 0) is 51.3 Å². The van der Waals surface area contributed by atoms with Gasteiger partial charge in [0, 0.05) is 29.5 Å². The Morgan fingerprint density at radius 3 is 2.59 bits per heavy atom. The fourth-order valence-corrected chi connectivity index (χ4v) is 4.70. The number of phenols is 2. The standard InChI is InChI=1S/C25H28O7/c1-13-5-4-6-14(12-26)9-15-18(27)10-16-20(21(15)29)22(30)17-11-19(28)24(2,3)32-25(17,8-7-13)23(16)31/h6-7,10-11,19,26-29H,4-5,8-9,12H2,1-3H3/b13-7-,14-6+/t19-,25+/m0/s1. The van der Waals surface area contributed by atoms with E-state index in [2.05, 4.69) is 0 Å². The first kappa shape index (κ1) is 22.5. The molecule has 1 aromatic carbocycles. The molecular weight excluding hydrogens is 412 g/mol. The minimum Gasteiger partial charge on any atom is -0.507 e. The van der Waals surface area contributed by atoms with Gasteiger partial charge >= 0.3 is 0 Å². The third-order valence-corrected chi connectivity index (χ3v) is 6.69. The van der Waals surface area contributed by atoms with Gasteiger partial charge in [-0.3, -0.25) is 9.59 Å². The van der Waals surface area contributed by atoms with Crippen molar-refractivity contribution in [2.45, 2.75) is 63.8 Å². The number of hydrogen-bond acceptors (Lipinski definition) is 7. The molecule has 32 heavy (non-hydrogen) atoms. The molecule has 7 nitrogen and oxygen atoms in total. The Bertz CT molecular complexity index is 1110. The molecule has 1 aromatic rings. The molecule has 5 aliphatic rings. The molecule has 2 atom stereocenters. The highest BCUT2D eigenvalue weighted by molar-refractivity contribution is 6.28. The number of aliphatic hydroxyl groups excluding tert-OH is 2. The van der Waals surface area contributed by atoms with E-state index < -0.39 is 34.6 Å². The molecule has 4 bridgehead atoms. The van der Waals surface area contributed by atoms with Crippen molar-refractivity contribution in [3.63, 3.8) is 0 Å². The molecule has 0 unspecified atom stereocenters. The lowest BCUT2D eigenvalue weighted by Crippen LogP contribution is -2.59. The summed E-state index contributed by atoms with van der Waals surface area (Å²) in [6.07, 6.45) is 5.32. The van der Waals surface area contributed by atoms with Crippen molar-refractivity contribution in [1.29, 1.82) is 0 Å². The summed E-state index contributed by atoms with van der Waals surface area (Å²) in [6.45, 7) is 4.95. The van der Waals surface area contributed by atoms with Crippen LogP contribution in [0.2, 0.25) is 0 Å². The maximum Gasteiger partial charge on any atom is 0.200 e. The van der Waals surface area contributed by atoms with E-state index >= 15 is 0 Å². The molecule has 6 rings (SSSR count). The monoisotopic (exact) mass is 440 g/mol. The first-order valence-corrected chi connectivity index (χ1v) is 10.7. The highest BCUT2D eigenvalue weighted by atomic mass is 16.5. The number of carbonyl (C=O) groups is 2. The predicted molar refractivity (Wildman–Crippen MR) is 117 cm³/mol. The molecule has 4 aliphatic carbocycles. The van der Waals surface area contributed by atoms with Gasteiger partial charge < -0.3 is 25.2 Å². The fraction of sp³-hybridized carbons (Fsp3) is 0.440. The van der Waals surface area contributed by atoms with Gasteiger partial charge in [-0.15, -0.1) is 0 Å². The van der Waals surface area contributed by atoms with Crippen LogP contribution in [-0.4, -0.2) is 55.9 Å². The number of phenolic OH excluding ortho intramolecular Hbond substituents is 2. The summed E-state index contributed by atoms with van der Waals surface area (Å²) in [6, 6.07) is 1.20. The molecule has 7 heteroatoms. The molecule has 170 valence electrons. The topological polar surface area (TPSA) is 124 Å². The molecular formula is C25H28O7. The van der Waals surface area contributed by atoms with Gasteiger partial charge in [0.05, 0.1) is 17.8 Å². The molecule has 1 heterocycles. The van der Waals surface area contributed by atoms with E-state index in [1.165, 1.54) is 12.1 Å². The van der Waals surface area contributed by atoms with Gasteiger partial charge in [-0.1, -0.05) is 17.7 Å². The fourth-order valence-electron chi connectivity index (χ4n) is 4.70. The quantitative estimate of drug-likeness (QED) is 0.495. The molecule has 4 N–H and O–H groups in total. The normalized spacial score (nSPS) is 30.7. The second-order valence-corrected chi connectivity index (χ2v) is 9.35. The minimum atomic E-state index is -1.66. The molecule has 0 saturated carbocycles. The Hall–Kier alpha value is -2.74. The Kier molecular flexibility index (Phi) is 5.40. The summed E-state index contributed by atoms with van der Waals surface area (Å²) in [4.78, 5) is 27.4. The summed E-state index contributed by atoms with van der Waals surface area (Å²) in [5.74, 6) is -1.99. The van der Waals surface area contributed by atoms with Crippen LogP contribution in [0.5, 0.6) is 11.5 Å². The number of allylic oxidation sites excluding steroid dienone is 2. The number of Topliss-reactive ketones (excluding diaryl/α,β-unsaturated/α-hetero) is 2. The SMILES string of the molecule is C/C1=C/C[C@@]23OC(C)(C)[C@@H](O)C=C2C(=O)c2c(cc(O)c(c2O)C/C(CO)=C\CC1)C3=O. The highest BCUT2D eigenvalue weighted by Gasteiger charge is 2.57. The first-order chi connectivity index (χ1) is 15.0. The number of fused-ring (bicyclic) bond motifs is 1. The second kappa shape index (κ2) is 7.69. The van der Waals surface area contributed by atoms with Crippen molar-refractivity contribution in [2.75, 3.05) is 6.61 Å². The van der Waals surface area contributed by atoms with Gasteiger partial charge in [0.15, 0.2) is 11.4 Å². The summed E-state index contributed by atoms with van der Waals surface area (Å²) in [5, 5.41) is 41.9. The van der Waals surface area contributed by atoms with Crippen LogP contribution in [-0.2, 0) is 11.2 Å². The second-order valence-electron chi connectivity index (χ2n) is 9.35. The van der Waals surface area contributed by atoms with E-state index in [-0.39, 0.29) is 47.5 Å². The number of ether oxygens (including phenoxy) is 1. The molecule has 0 amide bonds. The van der Waals surface area contributed by atoms with Crippen LogP contribution in [0, 0.1) is 0 Å². The zero-order valence-electron chi connectivity index (χ0n) is 18.4. The van der Waals surface area contributed by atoms with Gasteiger partial charge in [0.25, 0.3) is 0 Å². The zero-order chi connectivity index (χ0) is 23.4. The molecule has 1 spiro atoms. The van der Waals surface area contributed by atoms with Crippen LogP contribution in [0.15, 0.2) is 41.0 Å². The third kappa shape index (κ3) is 3.32. The number of hydrogen-bond donors (Lipinski definition) is 4. The Morgan fingerprint density at radius 1 is 1.19 bits per heavy atom. The van der Waals surface area contributed by atoms with E-state index in [0.29, 0.717) is 18.4 Å². The van der Waals surface area contributed by atoms with E-state index in [1.54, 1.807) is 13.8 Å². The summed E-state index contributed by atoms with van der Waals surface area (Å²) in [7, 11) is 0. The van der Waals surface area contributed by atoms with E-state index in [1.807, 2.05) is 19.1 Å². The van der Waals surface area contributed by atoms with Gasteiger partial charge in [0.1, 0.15) is 17.6 Å². The van der Waals surface area contributed by atoms with E-state index in [0.717, 1.165) is 5.57 Å². The number of carbonyl (C=O) groups excluding carboxylic acids is 2. The highest BCUT2D eigenvalue weighted by Crippen LogP contribution is 2.49. The Morgan fingerprint density at radius 2 is 1.91 bits per heavy atom. The Balaban J connectivity index is 2.04. The number of benzene rings is 1. The van der Waals surface area contributed by atoms with Crippen LogP contribution in [0.25, 0.3) is 0 Å². The molecule has 0 fully saturated rings. The first-order valence-electron chi connectivity index (χ1n) is 10.7. The van der Waals surface area contributed by atoms with Gasteiger partial charge in [-0.2, -0.15) is 0 Å². The molecule has 0 radical (unpaired) electrons. The summed E-state index contributed by atoms with van der Waals surface area (Å²) >= 11 is 0. The van der Waals surface area contributed by atoms with Crippen molar-refractivity contribution in [3.8, 4) is 11.5 Å². The number of aliphatic hydroxyl groups is 2. The van der Waals surface area contributed by atoms with Crippen molar-refractivity contribution >= 4 is 11.6 Å². The summed E-state index contributed by atoms with van der Waals surface area (Å²) < 4.78 is 6.19. The number of aromatic hydroxyl groups is 2. The summed E-state index contributed by atoms with van der Waals surface area (Å²) in [5.41, 5.74) is -1.49. The van der Waals surface area contributed by atoms with Crippen LogP contribution in [0.3, 0.4) is 0 Å². The van der Waals surface area contributed by atoms with E-state index in [9.17, 15) is 30.0 Å². The third-order valence-electron chi connectivity index (χ3n) is 6.69. The Labute approximate surface area is 186 Å². The lowest BCUT2D eigenvalue weighted by Gasteiger charge is -2.48. The molecule has 0 saturated heterocycles. The smallest absolute Gasteiger partial charge is 0.200 e. The van der Waals surface area contributed by atoms with Crippen molar-refractivity contribution in [3.05, 3.63) is 57.7 Å². The van der Waals surface area contributed by atoms with Crippen molar-refractivity contribution in [1.82, 2.24) is 0 Å². The predicted octanol–water partition coefficient (Wildman–Crippen LogP) is 2.90. The minimum absolute atomic E-state index is 0.00667. The zero-order valence-corrected chi connectivity index (χ0v) is 18.4. The van der Waals surface area contributed by atoms with Crippen LogP contribution in [0.4, 0.5) is 0 Å². The van der Waals surface area contributed by atoms with Crippen LogP contribution < -0.4 is 0 Å². The lowest BCUT2D eigenvalue weighted by atomic mass is 9.68.